The molecule has 0 bridgehead atoms. The molecule has 0 radical (unpaired) electrons. The van der Waals surface area contributed by atoms with Gasteiger partial charge in [0.05, 0.1) is 21.9 Å². The number of hydrogen-bond donors (Lipinski definition) is 1. The highest BCUT2D eigenvalue weighted by Gasteiger charge is 2.16. The average molecular weight is 425 g/mol. The van der Waals surface area contributed by atoms with E-state index in [-0.39, 0.29) is 10.7 Å². The molecule has 0 aliphatic rings. The minimum absolute atomic E-state index is 0.0974. The highest BCUT2D eigenvalue weighted by molar-refractivity contribution is 7.98. The van der Waals surface area contributed by atoms with Crippen LogP contribution in [-0.4, -0.2) is 15.9 Å². The van der Waals surface area contributed by atoms with Crippen LogP contribution in [0.15, 0.2) is 59.9 Å². The van der Waals surface area contributed by atoms with Gasteiger partial charge >= 0.3 is 0 Å². The number of rotatable bonds is 5. The van der Waals surface area contributed by atoms with E-state index in [1.54, 1.807) is 24.3 Å². The first-order valence-electron chi connectivity index (χ1n) is 7.48. The van der Waals surface area contributed by atoms with Gasteiger partial charge in [0.25, 0.3) is 5.91 Å². The van der Waals surface area contributed by atoms with Crippen molar-refractivity contribution in [2.45, 2.75) is 10.9 Å². The Bertz CT molecular complexity index is 935. The SMILES string of the molecule is O=C(Nc1ccccc1Cl)c1nc(SCc2ccc(Cl)cc2)ncc1Cl. The molecule has 0 atom stereocenters. The summed E-state index contributed by atoms with van der Waals surface area (Å²) in [5.74, 6) is 0.198. The van der Waals surface area contributed by atoms with Crippen molar-refractivity contribution in [2.24, 2.45) is 0 Å². The molecular formula is C18H12Cl3N3OS. The Morgan fingerprint density at radius 2 is 1.73 bits per heavy atom. The number of carbonyl (C=O) groups is 1. The van der Waals surface area contributed by atoms with Crippen LogP contribution in [0.25, 0.3) is 0 Å². The molecule has 3 rings (SSSR count). The predicted molar refractivity (Wildman–Crippen MR) is 107 cm³/mol. The van der Waals surface area contributed by atoms with E-state index in [0.29, 0.717) is 26.6 Å². The molecule has 1 heterocycles. The van der Waals surface area contributed by atoms with E-state index < -0.39 is 5.91 Å². The number of anilines is 1. The molecule has 0 aliphatic carbocycles. The molecule has 4 nitrogen and oxygen atoms in total. The molecule has 132 valence electrons. The van der Waals surface area contributed by atoms with E-state index in [4.69, 9.17) is 34.8 Å². The molecule has 1 amide bonds. The third kappa shape index (κ3) is 4.89. The van der Waals surface area contributed by atoms with Gasteiger partial charge in [-0.25, -0.2) is 9.97 Å². The Labute approximate surface area is 169 Å². The molecule has 0 saturated heterocycles. The summed E-state index contributed by atoms with van der Waals surface area (Å²) in [5, 5.41) is 4.44. The van der Waals surface area contributed by atoms with Gasteiger partial charge in [0.1, 0.15) is 0 Å². The van der Waals surface area contributed by atoms with Crippen LogP contribution in [-0.2, 0) is 5.75 Å². The number of carbonyl (C=O) groups excluding carboxylic acids is 1. The van der Waals surface area contributed by atoms with Gasteiger partial charge in [0.2, 0.25) is 0 Å². The van der Waals surface area contributed by atoms with Crippen molar-refractivity contribution < 1.29 is 4.79 Å². The van der Waals surface area contributed by atoms with E-state index in [9.17, 15) is 4.79 Å². The lowest BCUT2D eigenvalue weighted by Crippen LogP contribution is -2.15. The number of halogens is 3. The van der Waals surface area contributed by atoms with Crippen LogP contribution in [0.1, 0.15) is 16.1 Å². The lowest BCUT2D eigenvalue weighted by Gasteiger charge is -2.08. The van der Waals surface area contributed by atoms with Gasteiger partial charge in [-0.05, 0) is 29.8 Å². The molecule has 0 aliphatic heterocycles. The van der Waals surface area contributed by atoms with Crippen LogP contribution in [0.3, 0.4) is 0 Å². The lowest BCUT2D eigenvalue weighted by atomic mass is 10.2. The summed E-state index contributed by atoms with van der Waals surface area (Å²) in [6.45, 7) is 0. The molecule has 1 N–H and O–H groups in total. The van der Waals surface area contributed by atoms with Crippen LogP contribution in [0.2, 0.25) is 15.1 Å². The molecule has 2 aromatic carbocycles. The number of nitrogens with one attached hydrogen (secondary N) is 1. The second kappa shape index (κ2) is 8.73. The Kier molecular flexibility index (Phi) is 6.38. The minimum Gasteiger partial charge on any atom is -0.319 e. The first kappa shape index (κ1) is 19.0. The Balaban J connectivity index is 1.73. The van der Waals surface area contributed by atoms with Crippen molar-refractivity contribution in [3.63, 3.8) is 0 Å². The quantitative estimate of drug-likeness (QED) is 0.404. The Morgan fingerprint density at radius 1 is 1.00 bits per heavy atom. The second-order valence-corrected chi connectivity index (χ2v) is 7.39. The van der Waals surface area contributed by atoms with Crippen molar-refractivity contribution in [2.75, 3.05) is 5.32 Å². The molecule has 0 fully saturated rings. The van der Waals surface area contributed by atoms with Gasteiger partial charge in [-0.2, -0.15) is 0 Å². The fourth-order valence-corrected chi connectivity index (χ4v) is 3.31. The van der Waals surface area contributed by atoms with Crippen LogP contribution in [0, 0.1) is 0 Å². The fraction of sp³-hybridized carbons (Fsp3) is 0.0556. The zero-order valence-corrected chi connectivity index (χ0v) is 16.3. The van der Waals surface area contributed by atoms with Crippen molar-refractivity contribution in [1.29, 1.82) is 0 Å². The number of benzene rings is 2. The smallest absolute Gasteiger partial charge is 0.276 e. The summed E-state index contributed by atoms with van der Waals surface area (Å²) in [6.07, 6.45) is 1.42. The Morgan fingerprint density at radius 3 is 2.46 bits per heavy atom. The molecule has 0 unspecified atom stereocenters. The van der Waals surface area contributed by atoms with Crippen molar-refractivity contribution in [3.05, 3.63) is 81.1 Å². The summed E-state index contributed by atoms with van der Waals surface area (Å²) >= 11 is 19.4. The van der Waals surface area contributed by atoms with E-state index in [0.717, 1.165) is 5.56 Å². The third-order valence-electron chi connectivity index (χ3n) is 3.34. The predicted octanol–water partition coefficient (Wildman–Crippen LogP) is 5.98. The monoisotopic (exact) mass is 423 g/mol. The highest BCUT2D eigenvalue weighted by Crippen LogP contribution is 2.25. The molecule has 1 aromatic heterocycles. The van der Waals surface area contributed by atoms with Crippen LogP contribution in [0.4, 0.5) is 5.69 Å². The van der Waals surface area contributed by atoms with Gasteiger partial charge in [-0.1, -0.05) is 70.8 Å². The van der Waals surface area contributed by atoms with E-state index in [1.807, 2.05) is 24.3 Å². The van der Waals surface area contributed by atoms with Crippen molar-refractivity contribution in [1.82, 2.24) is 9.97 Å². The number of nitrogens with zero attached hydrogens (tertiary/aromatic N) is 2. The van der Waals surface area contributed by atoms with Gasteiger partial charge in [0, 0.05) is 10.8 Å². The van der Waals surface area contributed by atoms with E-state index in [1.165, 1.54) is 18.0 Å². The summed E-state index contributed by atoms with van der Waals surface area (Å²) in [7, 11) is 0. The topological polar surface area (TPSA) is 54.9 Å². The molecule has 0 spiro atoms. The fourth-order valence-electron chi connectivity index (χ4n) is 2.05. The first-order valence-corrected chi connectivity index (χ1v) is 9.60. The molecule has 26 heavy (non-hydrogen) atoms. The number of para-hydroxylation sites is 1. The van der Waals surface area contributed by atoms with Crippen LogP contribution in [0.5, 0.6) is 0 Å². The first-order chi connectivity index (χ1) is 12.5. The number of aromatic nitrogens is 2. The standard InChI is InChI=1S/C18H12Cl3N3OS/c19-12-7-5-11(6-8-12)10-26-18-22-9-14(21)16(24-18)17(25)23-15-4-2-1-3-13(15)20/h1-9H,10H2,(H,23,25). The zero-order chi connectivity index (χ0) is 18.5. The maximum absolute atomic E-state index is 12.5. The molecular weight excluding hydrogens is 413 g/mol. The summed E-state index contributed by atoms with van der Waals surface area (Å²) in [4.78, 5) is 20.9. The number of amides is 1. The largest absolute Gasteiger partial charge is 0.319 e. The molecule has 3 aromatic rings. The lowest BCUT2D eigenvalue weighted by molar-refractivity contribution is 0.102. The summed E-state index contributed by atoms with van der Waals surface area (Å²) in [5.41, 5.74) is 1.66. The maximum atomic E-state index is 12.5. The average Bonchev–Trinajstić information content (AvgIpc) is 2.64. The van der Waals surface area contributed by atoms with Gasteiger partial charge in [-0.3, -0.25) is 4.79 Å². The Hall–Kier alpha value is -1.79. The van der Waals surface area contributed by atoms with Crippen LogP contribution >= 0.6 is 46.6 Å². The highest BCUT2D eigenvalue weighted by atomic mass is 35.5. The summed E-state index contributed by atoms with van der Waals surface area (Å²) in [6, 6.07) is 14.4. The molecule has 0 saturated carbocycles. The van der Waals surface area contributed by atoms with Gasteiger partial charge < -0.3 is 5.32 Å². The van der Waals surface area contributed by atoms with Crippen molar-refractivity contribution in [3.8, 4) is 0 Å². The second-order valence-electron chi connectivity index (χ2n) is 5.20. The normalized spacial score (nSPS) is 10.6. The molecule has 8 heteroatoms. The van der Waals surface area contributed by atoms with E-state index >= 15 is 0 Å². The number of thioether (sulfide) groups is 1. The maximum Gasteiger partial charge on any atom is 0.276 e. The van der Waals surface area contributed by atoms with E-state index in [2.05, 4.69) is 15.3 Å². The number of hydrogen-bond acceptors (Lipinski definition) is 4. The van der Waals surface area contributed by atoms with Crippen LogP contribution < -0.4 is 5.32 Å². The third-order valence-corrected chi connectivity index (χ3v) is 5.13. The zero-order valence-electron chi connectivity index (χ0n) is 13.2. The summed E-state index contributed by atoms with van der Waals surface area (Å²) < 4.78 is 0. The minimum atomic E-state index is -0.446. The van der Waals surface area contributed by atoms with Gasteiger partial charge in [-0.15, -0.1) is 0 Å². The van der Waals surface area contributed by atoms with Gasteiger partial charge in [0.15, 0.2) is 10.9 Å². The van der Waals surface area contributed by atoms with Crippen molar-refractivity contribution >= 4 is 58.2 Å².